The van der Waals surface area contributed by atoms with Gasteiger partial charge in [0.1, 0.15) is 5.69 Å². The number of aromatic nitrogens is 5. The summed E-state index contributed by atoms with van der Waals surface area (Å²) >= 11 is 6.30. The average molecular weight is 425 g/mol. The van der Waals surface area contributed by atoms with Gasteiger partial charge in [0.2, 0.25) is 0 Å². The molecule has 3 aromatic heterocycles. The number of rotatable bonds is 6. The maximum atomic E-state index is 13.5. The van der Waals surface area contributed by atoms with Crippen molar-refractivity contribution in [2.75, 3.05) is 0 Å². The zero-order chi connectivity index (χ0) is 21.3. The first-order valence-electron chi connectivity index (χ1n) is 9.38. The number of carbonyl (C=O) groups excluding carboxylic acids is 1. The second kappa shape index (κ2) is 8.16. The first kappa shape index (κ1) is 19.9. The van der Waals surface area contributed by atoms with Crippen molar-refractivity contribution in [2.45, 2.75) is 20.0 Å². The minimum absolute atomic E-state index is 0.217. The predicted octanol–water partition coefficient (Wildman–Crippen LogP) is 3.61. The van der Waals surface area contributed by atoms with Crippen LogP contribution in [0.3, 0.4) is 0 Å². The predicted molar refractivity (Wildman–Crippen MR) is 112 cm³/mol. The van der Waals surface area contributed by atoms with Gasteiger partial charge in [-0.25, -0.2) is 4.98 Å². The number of halogens is 1. The quantitative estimate of drug-likeness (QED) is 0.472. The molecule has 0 aliphatic rings. The van der Waals surface area contributed by atoms with Crippen LogP contribution in [0.25, 0.3) is 11.3 Å². The Balaban J connectivity index is 1.69. The van der Waals surface area contributed by atoms with Crippen molar-refractivity contribution in [2.24, 2.45) is 14.1 Å². The molecule has 0 fully saturated rings. The Morgan fingerprint density at radius 1 is 1.17 bits per heavy atom. The molecule has 0 bridgehead atoms. The Morgan fingerprint density at radius 2 is 1.93 bits per heavy atom. The maximum Gasteiger partial charge on any atom is 0.277 e. The fraction of sp³-hybridized carbons (Fsp3) is 0.238. The van der Waals surface area contributed by atoms with Gasteiger partial charge in [-0.2, -0.15) is 10.2 Å². The van der Waals surface area contributed by atoms with Gasteiger partial charge in [-0.05, 0) is 13.0 Å². The summed E-state index contributed by atoms with van der Waals surface area (Å²) in [6, 6.07) is 11.4. The number of carbonyl (C=O) groups is 1. The Labute approximate surface area is 178 Å². The largest absolute Gasteiger partial charge is 0.443 e. The average Bonchev–Trinajstić information content (AvgIpc) is 3.41. The number of oxazole rings is 1. The van der Waals surface area contributed by atoms with Crippen molar-refractivity contribution in [3.63, 3.8) is 0 Å². The van der Waals surface area contributed by atoms with E-state index < -0.39 is 0 Å². The number of hydrogen-bond acceptors (Lipinski definition) is 5. The number of amides is 1. The van der Waals surface area contributed by atoms with E-state index in [2.05, 4.69) is 15.2 Å². The van der Waals surface area contributed by atoms with Crippen molar-refractivity contribution in [1.29, 1.82) is 0 Å². The van der Waals surface area contributed by atoms with Crippen LogP contribution in [0.15, 0.2) is 53.4 Å². The Hall–Kier alpha value is -3.39. The minimum Gasteiger partial charge on any atom is -0.443 e. The molecular formula is C21H21ClN6O2. The molecule has 8 nitrogen and oxygen atoms in total. The fourth-order valence-corrected chi connectivity index (χ4v) is 3.48. The summed E-state index contributed by atoms with van der Waals surface area (Å²) in [6.07, 6.45) is 2.99. The van der Waals surface area contributed by atoms with Crippen LogP contribution in [0.2, 0.25) is 5.02 Å². The highest BCUT2D eigenvalue weighted by molar-refractivity contribution is 6.31. The zero-order valence-corrected chi connectivity index (χ0v) is 17.7. The van der Waals surface area contributed by atoms with E-state index in [0.717, 1.165) is 17.0 Å². The summed E-state index contributed by atoms with van der Waals surface area (Å²) in [5, 5.41) is 9.36. The molecule has 0 radical (unpaired) electrons. The van der Waals surface area contributed by atoms with Gasteiger partial charge in [-0.15, -0.1) is 0 Å². The summed E-state index contributed by atoms with van der Waals surface area (Å²) in [5.74, 6) is 0.141. The van der Waals surface area contributed by atoms with E-state index in [1.807, 2.05) is 50.4 Å². The first-order valence-corrected chi connectivity index (χ1v) is 9.76. The lowest BCUT2D eigenvalue weighted by Crippen LogP contribution is -2.31. The molecule has 4 aromatic rings. The summed E-state index contributed by atoms with van der Waals surface area (Å²) in [7, 11) is 3.65. The van der Waals surface area contributed by atoms with E-state index >= 15 is 0 Å². The van der Waals surface area contributed by atoms with Crippen molar-refractivity contribution >= 4 is 17.5 Å². The van der Waals surface area contributed by atoms with Crippen LogP contribution < -0.4 is 0 Å². The second-order valence-electron chi connectivity index (χ2n) is 7.06. The molecule has 1 amide bonds. The number of nitrogens with zero attached hydrogens (tertiary/aromatic N) is 6. The van der Waals surface area contributed by atoms with Crippen LogP contribution in [-0.4, -0.2) is 35.4 Å². The van der Waals surface area contributed by atoms with Crippen molar-refractivity contribution in [3.05, 3.63) is 76.8 Å². The molecular weight excluding hydrogens is 404 g/mol. The lowest BCUT2D eigenvalue weighted by atomic mass is 10.1. The smallest absolute Gasteiger partial charge is 0.277 e. The van der Waals surface area contributed by atoms with E-state index in [0.29, 0.717) is 16.5 Å². The van der Waals surface area contributed by atoms with Crippen LogP contribution in [-0.2, 0) is 27.2 Å². The highest BCUT2D eigenvalue weighted by Crippen LogP contribution is 2.26. The molecule has 1 aromatic carbocycles. The third kappa shape index (κ3) is 3.99. The Bertz CT molecular complexity index is 1160. The molecule has 0 aliphatic heterocycles. The van der Waals surface area contributed by atoms with Crippen LogP contribution in [0.5, 0.6) is 0 Å². The number of hydrogen-bond donors (Lipinski definition) is 0. The van der Waals surface area contributed by atoms with Gasteiger partial charge in [0.05, 0.1) is 23.8 Å². The van der Waals surface area contributed by atoms with Crippen molar-refractivity contribution < 1.29 is 9.21 Å². The highest BCUT2D eigenvalue weighted by atomic mass is 35.5. The lowest BCUT2D eigenvalue weighted by molar-refractivity contribution is 0.0720. The molecule has 0 spiro atoms. The topological polar surface area (TPSA) is 82.0 Å². The molecule has 0 unspecified atom stereocenters. The monoisotopic (exact) mass is 424 g/mol. The zero-order valence-electron chi connectivity index (χ0n) is 16.9. The fourth-order valence-electron chi connectivity index (χ4n) is 3.24. The van der Waals surface area contributed by atoms with E-state index in [1.54, 1.807) is 27.5 Å². The lowest BCUT2D eigenvalue weighted by Gasteiger charge is -2.20. The van der Waals surface area contributed by atoms with E-state index in [1.165, 1.54) is 6.39 Å². The maximum absolute atomic E-state index is 13.5. The van der Waals surface area contributed by atoms with Gasteiger partial charge in [0.15, 0.2) is 17.8 Å². The van der Waals surface area contributed by atoms with Gasteiger partial charge in [0.25, 0.3) is 5.91 Å². The van der Waals surface area contributed by atoms with Gasteiger partial charge in [-0.1, -0.05) is 41.9 Å². The van der Waals surface area contributed by atoms with Crippen LogP contribution in [0, 0.1) is 6.92 Å². The van der Waals surface area contributed by atoms with Gasteiger partial charge in [0, 0.05) is 31.5 Å². The number of benzene rings is 1. The first-order chi connectivity index (χ1) is 14.4. The molecule has 30 heavy (non-hydrogen) atoms. The van der Waals surface area contributed by atoms with Crippen LogP contribution in [0.4, 0.5) is 0 Å². The molecule has 0 atom stereocenters. The molecule has 154 valence electrons. The van der Waals surface area contributed by atoms with Crippen molar-refractivity contribution in [1.82, 2.24) is 29.4 Å². The molecule has 0 aliphatic carbocycles. The van der Waals surface area contributed by atoms with Gasteiger partial charge >= 0.3 is 0 Å². The van der Waals surface area contributed by atoms with E-state index in [9.17, 15) is 4.79 Å². The molecule has 3 heterocycles. The van der Waals surface area contributed by atoms with Crippen LogP contribution in [0.1, 0.15) is 27.6 Å². The van der Waals surface area contributed by atoms with E-state index in [-0.39, 0.29) is 24.7 Å². The normalized spacial score (nSPS) is 11.1. The Kier molecular flexibility index (Phi) is 5.41. The van der Waals surface area contributed by atoms with Crippen molar-refractivity contribution in [3.8, 4) is 11.3 Å². The molecule has 0 saturated heterocycles. The third-order valence-corrected chi connectivity index (χ3v) is 5.12. The summed E-state index contributed by atoms with van der Waals surface area (Å²) in [5.41, 5.74) is 3.38. The van der Waals surface area contributed by atoms with Crippen LogP contribution >= 0.6 is 11.6 Å². The highest BCUT2D eigenvalue weighted by Gasteiger charge is 2.26. The molecule has 4 rings (SSSR count). The molecule has 9 heteroatoms. The molecule has 0 saturated carbocycles. The number of aryl methyl sites for hydroxylation is 3. The molecule has 0 N–H and O–H groups in total. The Morgan fingerprint density at radius 3 is 2.57 bits per heavy atom. The van der Waals surface area contributed by atoms with Gasteiger partial charge < -0.3 is 9.32 Å². The summed E-state index contributed by atoms with van der Waals surface area (Å²) < 4.78 is 8.95. The second-order valence-corrected chi connectivity index (χ2v) is 7.46. The third-order valence-electron chi connectivity index (χ3n) is 4.81. The minimum atomic E-state index is -0.285. The summed E-state index contributed by atoms with van der Waals surface area (Å²) in [6.45, 7) is 2.47. The summed E-state index contributed by atoms with van der Waals surface area (Å²) in [4.78, 5) is 19.3. The SMILES string of the molecule is Cc1cc(CN(Cc2nn(C)cc2Cl)C(=O)c2ncoc2-c2ccccc2)nn1C. The standard InChI is InChI=1S/C21H21ClN6O2/c1-14-9-16(24-27(14)3)10-28(12-18-17(22)11-26(2)25-18)21(29)19-20(30-13-23-19)15-7-5-4-6-8-15/h4-9,11,13H,10,12H2,1-3H3. The van der Waals surface area contributed by atoms with Gasteiger partial charge in [-0.3, -0.25) is 14.2 Å². The van der Waals surface area contributed by atoms with E-state index in [4.69, 9.17) is 16.0 Å².